The highest BCUT2D eigenvalue weighted by Crippen LogP contribution is 2.46. The second-order valence-electron chi connectivity index (χ2n) is 7.22. The van der Waals surface area contributed by atoms with E-state index in [-0.39, 0.29) is 16.3 Å². The lowest BCUT2D eigenvalue weighted by atomic mass is 10.1. The van der Waals surface area contributed by atoms with E-state index in [0.717, 1.165) is 6.26 Å². The third-order valence-electron chi connectivity index (χ3n) is 4.92. The third kappa shape index (κ3) is 4.73. The number of azo groups is 2. The number of fused-ring (bicyclic) bond motifs is 1. The number of benzene rings is 4. The quantitative estimate of drug-likeness (QED) is 0.308. The Labute approximate surface area is 191 Å². The molecule has 8 nitrogen and oxygen atoms in total. The van der Waals surface area contributed by atoms with Crippen LogP contribution in [0.4, 0.5) is 28.4 Å². The molecule has 0 amide bonds. The highest BCUT2D eigenvalue weighted by Gasteiger charge is 2.22. The molecule has 4 aromatic rings. The van der Waals surface area contributed by atoms with Crippen molar-refractivity contribution in [2.45, 2.75) is 4.90 Å². The number of anilines is 1. The fraction of sp³-hybridized carbons (Fsp3) is 0.0833. The predicted molar refractivity (Wildman–Crippen MR) is 130 cm³/mol. The summed E-state index contributed by atoms with van der Waals surface area (Å²) >= 11 is 0. The molecule has 4 aromatic carbocycles. The second kappa shape index (κ2) is 9.17. The molecular weight excluding hydrogens is 438 g/mol. The van der Waals surface area contributed by atoms with Crippen LogP contribution in [-0.2, 0) is 9.84 Å². The molecule has 166 valence electrons. The number of hydrogen-bond donors (Lipinski definition) is 2. The number of nitrogens with zero attached hydrogens (tertiary/aromatic N) is 4. The van der Waals surface area contributed by atoms with Gasteiger partial charge in [-0.1, -0.05) is 36.4 Å². The smallest absolute Gasteiger partial charge is 0.177 e. The van der Waals surface area contributed by atoms with Gasteiger partial charge in [-0.25, -0.2) is 8.42 Å². The molecule has 2 N–H and O–H groups in total. The van der Waals surface area contributed by atoms with Crippen LogP contribution in [-0.4, -0.2) is 26.8 Å². The van der Waals surface area contributed by atoms with Crippen LogP contribution in [0.15, 0.2) is 104 Å². The predicted octanol–water partition coefficient (Wildman–Crippen LogP) is 6.82. The molecule has 33 heavy (non-hydrogen) atoms. The van der Waals surface area contributed by atoms with Gasteiger partial charge in [-0.2, -0.15) is 10.2 Å². The van der Waals surface area contributed by atoms with Crippen molar-refractivity contribution < 1.29 is 13.5 Å². The van der Waals surface area contributed by atoms with Gasteiger partial charge in [0.1, 0.15) is 11.4 Å². The Morgan fingerprint density at radius 3 is 1.79 bits per heavy atom. The Morgan fingerprint density at radius 2 is 1.27 bits per heavy atom. The topological polar surface area (TPSA) is 116 Å². The van der Waals surface area contributed by atoms with E-state index in [1.54, 1.807) is 55.6 Å². The van der Waals surface area contributed by atoms with Gasteiger partial charge in [-0.05, 0) is 42.5 Å². The van der Waals surface area contributed by atoms with Crippen LogP contribution in [0, 0.1) is 0 Å². The van der Waals surface area contributed by atoms with E-state index in [4.69, 9.17) is 0 Å². The lowest BCUT2D eigenvalue weighted by Crippen LogP contribution is -1.99. The minimum Gasteiger partial charge on any atom is -0.505 e. The van der Waals surface area contributed by atoms with E-state index in [9.17, 15) is 13.5 Å². The molecule has 0 unspecified atom stereocenters. The zero-order valence-electron chi connectivity index (χ0n) is 18.0. The number of aromatic hydroxyl groups is 1. The van der Waals surface area contributed by atoms with Gasteiger partial charge in [0.2, 0.25) is 0 Å². The largest absolute Gasteiger partial charge is 0.505 e. The Morgan fingerprint density at radius 1 is 0.727 bits per heavy atom. The van der Waals surface area contributed by atoms with E-state index < -0.39 is 9.84 Å². The molecule has 0 atom stereocenters. The number of rotatable bonds is 6. The van der Waals surface area contributed by atoms with Crippen molar-refractivity contribution in [3.63, 3.8) is 0 Å². The first kappa shape index (κ1) is 22.1. The monoisotopic (exact) mass is 459 g/mol. The fourth-order valence-electron chi connectivity index (χ4n) is 3.30. The summed E-state index contributed by atoms with van der Waals surface area (Å²) in [6.07, 6.45) is 1.06. The summed E-state index contributed by atoms with van der Waals surface area (Å²) < 4.78 is 25.2. The van der Waals surface area contributed by atoms with Gasteiger partial charge in [-0.15, -0.1) is 10.2 Å². The van der Waals surface area contributed by atoms with E-state index in [1.165, 1.54) is 6.07 Å². The van der Waals surface area contributed by atoms with Crippen LogP contribution in [0.25, 0.3) is 10.8 Å². The van der Waals surface area contributed by atoms with Crippen molar-refractivity contribution in [2.24, 2.45) is 20.5 Å². The number of phenols is 1. The molecule has 4 rings (SSSR count). The summed E-state index contributed by atoms with van der Waals surface area (Å²) in [6.45, 7) is 0. The standard InChI is InChI=1S/C24H21N5O3S/c1-25-20-14-13-18-19(22(20)28-26-16-9-5-3-6-10-16)15-21(33(2,31)32)23(24(18)30)29-27-17-11-7-4-8-12-17/h3-15,25,30H,1-2H3. The first-order chi connectivity index (χ1) is 15.9. The van der Waals surface area contributed by atoms with Crippen LogP contribution in [0.5, 0.6) is 5.75 Å². The second-order valence-corrected chi connectivity index (χ2v) is 9.21. The van der Waals surface area contributed by atoms with Crippen molar-refractivity contribution in [1.82, 2.24) is 0 Å². The number of phenolic OH excluding ortho intramolecular Hbond substituents is 1. The van der Waals surface area contributed by atoms with Crippen LogP contribution >= 0.6 is 0 Å². The average molecular weight is 460 g/mol. The maximum Gasteiger partial charge on any atom is 0.177 e. The molecule has 0 bridgehead atoms. The molecule has 0 heterocycles. The molecule has 0 aliphatic rings. The van der Waals surface area contributed by atoms with E-state index in [2.05, 4.69) is 25.8 Å². The van der Waals surface area contributed by atoms with Crippen molar-refractivity contribution in [3.05, 3.63) is 78.9 Å². The number of hydrogen-bond acceptors (Lipinski definition) is 8. The highest BCUT2D eigenvalue weighted by molar-refractivity contribution is 7.90. The van der Waals surface area contributed by atoms with Crippen molar-refractivity contribution >= 4 is 49.0 Å². The molecule has 9 heteroatoms. The Bertz CT molecular complexity index is 1470. The van der Waals surface area contributed by atoms with Gasteiger partial charge in [-0.3, -0.25) is 0 Å². The molecule has 0 saturated carbocycles. The zero-order valence-corrected chi connectivity index (χ0v) is 18.8. The molecule has 0 saturated heterocycles. The highest BCUT2D eigenvalue weighted by atomic mass is 32.2. The molecule has 0 aliphatic carbocycles. The first-order valence-electron chi connectivity index (χ1n) is 10.0. The minimum atomic E-state index is -3.76. The molecular formula is C24H21N5O3S. The molecule has 0 aromatic heterocycles. The molecule has 0 spiro atoms. The summed E-state index contributed by atoms with van der Waals surface area (Å²) in [4.78, 5) is -0.156. The average Bonchev–Trinajstić information content (AvgIpc) is 2.82. The molecule has 0 aliphatic heterocycles. The maximum absolute atomic E-state index is 12.6. The van der Waals surface area contributed by atoms with E-state index in [1.807, 2.05) is 24.3 Å². The minimum absolute atomic E-state index is 0.128. The van der Waals surface area contributed by atoms with Gasteiger partial charge in [0.25, 0.3) is 0 Å². The van der Waals surface area contributed by atoms with Crippen LogP contribution < -0.4 is 5.32 Å². The SMILES string of the molecule is CNc1ccc2c(O)c(N=Nc3ccccc3)c(S(C)(=O)=O)cc2c1N=Nc1ccccc1. The molecule has 0 fully saturated rings. The van der Waals surface area contributed by atoms with E-state index >= 15 is 0 Å². The van der Waals surface area contributed by atoms with Crippen LogP contribution in [0.2, 0.25) is 0 Å². The first-order valence-corrected chi connectivity index (χ1v) is 11.9. The lowest BCUT2D eigenvalue weighted by Gasteiger charge is -2.13. The fourth-order valence-corrected chi connectivity index (χ4v) is 4.12. The summed E-state index contributed by atoms with van der Waals surface area (Å²) in [7, 11) is -2.04. The number of sulfone groups is 1. The van der Waals surface area contributed by atoms with Gasteiger partial charge in [0.15, 0.2) is 15.6 Å². The van der Waals surface area contributed by atoms with Gasteiger partial charge in [0.05, 0.1) is 22.0 Å². The van der Waals surface area contributed by atoms with Gasteiger partial charge < -0.3 is 10.4 Å². The van der Waals surface area contributed by atoms with Crippen molar-refractivity contribution in [3.8, 4) is 5.75 Å². The van der Waals surface area contributed by atoms with Crippen molar-refractivity contribution in [2.75, 3.05) is 18.6 Å². The Kier molecular flexibility index (Phi) is 6.14. The normalized spacial score (nSPS) is 12.1. The maximum atomic E-state index is 12.6. The summed E-state index contributed by atoms with van der Waals surface area (Å²) in [6, 6.07) is 22.9. The summed E-state index contributed by atoms with van der Waals surface area (Å²) in [5.74, 6) is -0.300. The van der Waals surface area contributed by atoms with E-state index in [0.29, 0.717) is 33.5 Å². The lowest BCUT2D eigenvalue weighted by molar-refractivity contribution is 0.481. The van der Waals surface area contributed by atoms with Gasteiger partial charge in [0, 0.05) is 24.1 Å². The van der Waals surface area contributed by atoms with Crippen molar-refractivity contribution in [1.29, 1.82) is 0 Å². The van der Waals surface area contributed by atoms with Gasteiger partial charge >= 0.3 is 0 Å². The summed E-state index contributed by atoms with van der Waals surface area (Å²) in [5.41, 5.74) is 2.05. The number of nitrogens with one attached hydrogen (secondary N) is 1. The summed E-state index contributed by atoms with van der Waals surface area (Å²) in [5, 5.41) is 31.7. The van der Waals surface area contributed by atoms with Crippen LogP contribution in [0.3, 0.4) is 0 Å². The Hall–Kier alpha value is -4.11. The zero-order chi connectivity index (χ0) is 23.4. The molecule has 0 radical (unpaired) electrons. The van der Waals surface area contributed by atoms with Crippen LogP contribution in [0.1, 0.15) is 0 Å². The Balaban J connectivity index is 1.96. The third-order valence-corrected chi connectivity index (χ3v) is 6.03.